The molecule has 0 bridgehead atoms. The number of nitrogens with zero attached hydrogens (tertiary/aromatic N) is 1. The van der Waals surface area contributed by atoms with Crippen LogP contribution in [-0.2, 0) is 0 Å². The highest BCUT2D eigenvalue weighted by Gasteiger charge is 2.25. The molecule has 0 saturated heterocycles. The van der Waals surface area contributed by atoms with E-state index >= 15 is 0 Å². The molecule has 0 atom stereocenters. The van der Waals surface area contributed by atoms with Gasteiger partial charge >= 0.3 is 0 Å². The maximum Gasteiger partial charge on any atom is 0.132 e. The summed E-state index contributed by atoms with van der Waals surface area (Å²) in [5.74, 6) is 0. The topological polar surface area (TPSA) is 0 Å². The first-order chi connectivity index (χ1) is 11.8. The Morgan fingerprint density at radius 1 is 0.583 bits per heavy atom. The first kappa shape index (κ1) is 21.2. The lowest BCUT2D eigenvalue weighted by Crippen LogP contribution is -2.49. The van der Waals surface area contributed by atoms with Gasteiger partial charge in [0, 0.05) is 0 Å². The lowest BCUT2D eigenvalue weighted by Gasteiger charge is -2.36. The zero-order chi connectivity index (χ0) is 17.5. The van der Waals surface area contributed by atoms with Crippen LogP contribution in [0.4, 0.5) is 5.69 Å². The number of quaternary nitrogens is 1. The van der Waals surface area contributed by atoms with Gasteiger partial charge in [-0.15, -0.1) is 0 Å². The Balaban J connectivity index is 2.14. The predicted molar refractivity (Wildman–Crippen MR) is 111 cm³/mol. The molecule has 0 aliphatic rings. The first-order valence-electron chi connectivity index (χ1n) is 10.7. The van der Waals surface area contributed by atoms with E-state index in [0.29, 0.717) is 0 Å². The third-order valence-corrected chi connectivity index (χ3v) is 5.70. The van der Waals surface area contributed by atoms with Crippen molar-refractivity contribution < 1.29 is 0 Å². The summed E-state index contributed by atoms with van der Waals surface area (Å²) in [4.78, 5) is 0. The van der Waals surface area contributed by atoms with Crippen LogP contribution in [0.5, 0.6) is 0 Å². The van der Waals surface area contributed by atoms with Crippen molar-refractivity contribution in [2.75, 3.05) is 19.6 Å². The Labute approximate surface area is 152 Å². The van der Waals surface area contributed by atoms with Gasteiger partial charge in [-0.25, -0.2) is 0 Å². The van der Waals surface area contributed by atoms with Crippen LogP contribution in [-0.4, -0.2) is 19.6 Å². The quantitative estimate of drug-likeness (QED) is 0.233. The standard InChI is InChI=1S/C23H42N/c1-4-7-8-9-10-11-12-13-14-15-19-22-24(5-2,6-3)23-20-17-16-18-21-23/h16-18,20-21H,4-15,19,22H2,1-3H3/q+1. The highest BCUT2D eigenvalue weighted by molar-refractivity contribution is 5.42. The fourth-order valence-electron chi connectivity index (χ4n) is 3.86. The molecule has 1 aromatic rings. The summed E-state index contributed by atoms with van der Waals surface area (Å²) < 4.78 is 1.15. The average molecular weight is 333 g/mol. The fraction of sp³-hybridized carbons (Fsp3) is 0.739. The van der Waals surface area contributed by atoms with E-state index in [9.17, 15) is 0 Å². The molecule has 24 heavy (non-hydrogen) atoms. The second-order valence-electron chi connectivity index (χ2n) is 7.37. The molecule has 1 heteroatoms. The maximum atomic E-state index is 2.34. The highest BCUT2D eigenvalue weighted by atomic mass is 15.3. The predicted octanol–water partition coefficient (Wildman–Crippen LogP) is 7.34. The smallest absolute Gasteiger partial charge is 0.132 e. The summed E-state index contributed by atoms with van der Waals surface area (Å²) >= 11 is 0. The van der Waals surface area contributed by atoms with E-state index in [2.05, 4.69) is 51.1 Å². The van der Waals surface area contributed by atoms with Gasteiger partial charge in [0.05, 0.1) is 19.6 Å². The van der Waals surface area contributed by atoms with E-state index in [-0.39, 0.29) is 0 Å². The van der Waals surface area contributed by atoms with E-state index in [1.807, 2.05) is 0 Å². The van der Waals surface area contributed by atoms with E-state index < -0.39 is 0 Å². The zero-order valence-electron chi connectivity index (χ0n) is 16.7. The first-order valence-corrected chi connectivity index (χ1v) is 10.7. The molecule has 0 fully saturated rings. The summed E-state index contributed by atoms with van der Waals surface area (Å²) in [5, 5.41) is 0. The third-order valence-electron chi connectivity index (χ3n) is 5.70. The van der Waals surface area contributed by atoms with Crippen LogP contribution in [0.25, 0.3) is 0 Å². The monoisotopic (exact) mass is 332 g/mol. The van der Waals surface area contributed by atoms with Gasteiger partial charge in [-0.05, 0) is 38.8 Å². The molecule has 1 aromatic carbocycles. The second kappa shape index (κ2) is 13.5. The van der Waals surface area contributed by atoms with Gasteiger partial charge in [0.15, 0.2) is 0 Å². The van der Waals surface area contributed by atoms with Crippen LogP contribution in [0.1, 0.15) is 91.4 Å². The van der Waals surface area contributed by atoms with Crippen LogP contribution in [0.3, 0.4) is 0 Å². The van der Waals surface area contributed by atoms with Crippen molar-refractivity contribution in [3.63, 3.8) is 0 Å². The number of para-hydroxylation sites is 1. The van der Waals surface area contributed by atoms with Crippen LogP contribution in [0.2, 0.25) is 0 Å². The number of hydrogen-bond acceptors (Lipinski definition) is 0. The summed E-state index contributed by atoms with van der Waals surface area (Å²) in [7, 11) is 0. The zero-order valence-corrected chi connectivity index (χ0v) is 16.7. The normalized spacial score (nSPS) is 11.8. The van der Waals surface area contributed by atoms with Gasteiger partial charge < -0.3 is 0 Å². The SMILES string of the molecule is CCCCCCCCCCCCC[N+](CC)(CC)c1ccccc1. The average Bonchev–Trinajstić information content (AvgIpc) is 2.64. The molecular formula is C23H42N+. The molecule has 0 amide bonds. The molecule has 0 unspecified atom stereocenters. The summed E-state index contributed by atoms with van der Waals surface area (Å²) in [5.41, 5.74) is 1.49. The van der Waals surface area contributed by atoms with Crippen LogP contribution >= 0.6 is 0 Å². The van der Waals surface area contributed by atoms with E-state index in [1.165, 1.54) is 96.0 Å². The second-order valence-corrected chi connectivity index (χ2v) is 7.37. The summed E-state index contributed by atoms with van der Waals surface area (Å²) in [6, 6.07) is 11.1. The molecule has 1 nitrogen and oxygen atoms in total. The van der Waals surface area contributed by atoms with Crippen LogP contribution in [0.15, 0.2) is 30.3 Å². The molecule has 0 aliphatic carbocycles. The number of rotatable bonds is 15. The van der Waals surface area contributed by atoms with Gasteiger partial charge in [0.2, 0.25) is 0 Å². The molecule has 0 radical (unpaired) electrons. The third kappa shape index (κ3) is 7.83. The molecule has 0 saturated carbocycles. The van der Waals surface area contributed by atoms with Gasteiger partial charge in [0.25, 0.3) is 0 Å². The summed E-state index contributed by atoms with van der Waals surface area (Å²) in [6.45, 7) is 10.7. The van der Waals surface area contributed by atoms with Crippen molar-refractivity contribution in [1.29, 1.82) is 0 Å². The lowest BCUT2D eigenvalue weighted by atomic mass is 10.1. The summed E-state index contributed by atoms with van der Waals surface area (Å²) in [6.07, 6.45) is 15.7. The highest BCUT2D eigenvalue weighted by Crippen LogP contribution is 2.24. The molecule has 0 N–H and O–H groups in total. The molecule has 1 rings (SSSR count). The fourth-order valence-corrected chi connectivity index (χ4v) is 3.86. The lowest BCUT2D eigenvalue weighted by molar-refractivity contribution is 0.291. The number of hydrogen-bond donors (Lipinski definition) is 0. The Hall–Kier alpha value is -0.820. The van der Waals surface area contributed by atoms with Crippen molar-refractivity contribution in [2.45, 2.75) is 91.4 Å². The van der Waals surface area contributed by atoms with Crippen molar-refractivity contribution >= 4 is 5.69 Å². The molecule has 0 aromatic heterocycles. The maximum absolute atomic E-state index is 2.34. The molecule has 0 spiro atoms. The molecule has 138 valence electrons. The minimum Gasteiger partial charge on any atom is -0.292 e. The Kier molecular flexibility index (Phi) is 11.9. The molecule has 0 aliphatic heterocycles. The molecule has 0 heterocycles. The van der Waals surface area contributed by atoms with Gasteiger partial charge in [0.1, 0.15) is 5.69 Å². The Bertz CT molecular complexity index is 380. The minimum absolute atomic E-state index is 1.15. The van der Waals surface area contributed by atoms with Crippen molar-refractivity contribution in [3.05, 3.63) is 30.3 Å². The van der Waals surface area contributed by atoms with E-state index in [4.69, 9.17) is 0 Å². The number of benzene rings is 1. The van der Waals surface area contributed by atoms with Gasteiger partial charge in [-0.2, -0.15) is 0 Å². The molecular weight excluding hydrogens is 290 g/mol. The number of unbranched alkanes of at least 4 members (excludes halogenated alkanes) is 10. The van der Waals surface area contributed by atoms with Gasteiger partial charge in [-0.3, -0.25) is 4.48 Å². The van der Waals surface area contributed by atoms with Crippen molar-refractivity contribution in [1.82, 2.24) is 4.48 Å². The largest absolute Gasteiger partial charge is 0.292 e. The van der Waals surface area contributed by atoms with E-state index in [0.717, 1.165) is 4.48 Å². The Morgan fingerprint density at radius 2 is 1.04 bits per heavy atom. The van der Waals surface area contributed by atoms with Gasteiger partial charge in [-0.1, -0.05) is 82.9 Å². The minimum atomic E-state index is 1.15. The van der Waals surface area contributed by atoms with E-state index in [1.54, 1.807) is 0 Å². The van der Waals surface area contributed by atoms with Crippen molar-refractivity contribution in [2.24, 2.45) is 0 Å². The van der Waals surface area contributed by atoms with Crippen LogP contribution in [0, 0.1) is 0 Å². The van der Waals surface area contributed by atoms with Crippen molar-refractivity contribution in [3.8, 4) is 0 Å². The Morgan fingerprint density at radius 3 is 1.50 bits per heavy atom. The van der Waals surface area contributed by atoms with Crippen LogP contribution < -0.4 is 4.48 Å².